The van der Waals surface area contributed by atoms with Gasteiger partial charge in [0.25, 0.3) is 11.8 Å². The first-order valence-corrected chi connectivity index (χ1v) is 6.13. The summed E-state index contributed by atoms with van der Waals surface area (Å²) in [5.74, 6) is -0.657. The molecule has 0 spiro atoms. The van der Waals surface area contributed by atoms with Crippen molar-refractivity contribution in [3.63, 3.8) is 0 Å². The fraction of sp³-hybridized carbons (Fsp3) is 0.286. The first kappa shape index (κ1) is 12.4. The van der Waals surface area contributed by atoms with Crippen molar-refractivity contribution in [2.75, 3.05) is 5.43 Å². The average Bonchev–Trinajstić information content (AvgIpc) is 2.69. The summed E-state index contributed by atoms with van der Waals surface area (Å²) in [5.41, 5.74) is 4.82. The zero-order valence-corrected chi connectivity index (χ0v) is 10.3. The summed E-state index contributed by atoms with van der Waals surface area (Å²) in [5, 5.41) is 1.03. The number of para-hydroxylation sites is 1. The predicted octanol–water partition coefficient (Wildman–Crippen LogP) is 2.28. The number of hydrazine groups is 1. The van der Waals surface area contributed by atoms with Crippen LogP contribution in [0, 0.1) is 0 Å². The van der Waals surface area contributed by atoms with Crippen LogP contribution in [0.25, 0.3) is 0 Å². The highest BCUT2D eigenvalue weighted by molar-refractivity contribution is 6.13. The van der Waals surface area contributed by atoms with Crippen LogP contribution >= 0.6 is 0 Å². The number of anilines is 1. The van der Waals surface area contributed by atoms with Gasteiger partial charge in [0.2, 0.25) is 0 Å². The normalized spacial score (nSPS) is 14.4. The number of carbonyl (C=O) groups is 2. The predicted molar refractivity (Wildman–Crippen MR) is 69.7 cm³/mol. The Morgan fingerprint density at radius 1 is 1.11 bits per heavy atom. The van der Waals surface area contributed by atoms with Gasteiger partial charge in [-0.1, -0.05) is 31.5 Å². The highest BCUT2D eigenvalue weighted by Crippen LogP contribution is 2.19. The van der Waals surface area contributed by atoms with E-state index >= 15 is 0 Å². The lowest BCUT2D eigenvalue weighted by molar-refractivity contribution is -0.135. The maximum absolute atomic E-state index is 11.5. The van der Waals surface area contributed by atoms with Crippen LogP contribution in [-0.4, -0.2) is 16.8 Å². The molecule has 0 aliphatic carbocycles. The van der Waals surface area contributed by atoms with E-state index in [0.29, 0.717) is 0 Å². The van der Waals surface area contributed by atoms with Crippen LogP contribution in [0.1, 0.15) is 25.3 Å². The van der Waals surface area contributed by atoms with Crippen molar-refractivity contribution in [3.8, 4) is 0 Å². The van der Waals surface area contributed by atoms with Gasteiger partial charge in [-0.25, -0.2) is 0 Å². The van der Waals surface area contributed by atoms with Crippen molar-refractivity contribution < 1.29 is 9.59 Å². The molecule has 1 heterocycles. The van der Waals surface area contributed by atoms with Crippen molar-refractivity contribution in [2.24, 2.45) is 0 Å². The number of amides is 2. The lowest BCUT2D eigenvalue weighted by Gasteiger charge is -2.18. The van der Waals surface area contributed by atoms with Gasteiger partial charge in [-0.2, -0.15) is 5.01 Å². The number of nitrogens with one attached hydrogen (secondary N) is 1. The molecule has 0 radical (unpaired) electrons. The van der Waals surface area contributed by atoms with Crippen molar-refractivity contribution in [1.82, 2.24) is 5.01 Å². The van der Waals surface area contributed by atoms with Gasteiger partial charge in [-0.3, -0.25) is 15.0 Å². The van der Waals surface area contributed by atoms with E-state index in [1.807, 2.05) is 24.3 Å². The van der Waals surface area contributed by atoms with Gasteiger partial charge in [-0.05, 0) is 24.5 Å². The second kappa shape index (κ2) is 5.49. The van der Waals surface area contributed by atoms with E-state index in [1.54, 1.807) is 0 Å². The summed E-state index contributed by atoms with van der Waals surface area (Å²) < 4.78 is 0. The Morgan fingerprint density at radius 2 is 1.78 bits per heavy atom. The van der Waals surface area contributed by atoms with E-state index in [0.717, 1.165) is 35.5 Å². The highest BCUT2D eigenvalue weighted by atomic mass is 16.2. The molecule has 4 heteroatoms. The Kier molecular flexibility index (Phi) is 3.77. The second-order valence-electron chi connectivity index (χ2n) is 4.22. The molecule has 1 aliphatic heterocycles. The summed E-state index contributed by atoms with van der Waals surface area (Å²) in [6.07, 6.45) is 5.66. The van der Waals surface area contributed by atoms with E-state index in [-0.39, 0.29) is 11.8 Å². The van der Waals surface area contributed by atoms with Crippen LogP contribution in [0.4, 0.5) is 5.69 Å². The summed E-state index contributed by atoms with van der Waals surface area (Å²) in [6, 6.07) is 7.73. The fourth-order valence-corrected chi connectivity index (χ4v) is 1.85. The highest BCUT2D eigenvalue weighted by Gasteiger charge is 2.23. The molecule has 0 bridgehead atoms. The third-order valence-corrected chi connectivity index (χ3v) is 2.86. The van der Waals surface area contributed by atoms with Crippen LogP contribution < -0.4 is 5.43 Å². The Labute approximate surface area is 106 Å². The summed E-state index contributed by atoms with van der Waals surface area (Å²) in [7, 11) is 0. The van der Waals surface area contributed by atoms with Gasteiger partial charge in [0.1, 0.15) is 0 Å². The summed E-state index contributed by atoms with van der Waals surface area (Å²) >= 11 is 0. The van der Waals surface area contributed by atoms with Crippen LogP contribution in [0.3, 0.4) is 0 Å². The molecule has 0 aromatic heterocycles. The number of nitrogens with zero attached hydrogens (tertiary/aromatic N) is 1. The number of hydrogen-bond acceptors (Lipinski definition) is 3. The van der Waals surface area contributed by atoms with Crippen LogP contribution in [0.5, 0.6) is 0 Å². The van der Waals surface area contributed by atoms with Crippen molar-refractivity contribution in [1.29, 1.82) is 0 Å². The first-order valence-electron chi connectivity index (χ1n) is 6.13. The van der Waals surface area contributed by atoms with Crippen molar-refractivity contribution in [3.05, 3.63) is 42.0 Å². The van der Waals surface area contributed by atoms with E-state index in [2.05, 4.69) is 12.3 Å². The van der Waals surface area contributed by atoms with Crippen molar-refractivity contribution in [2.45, 2.75) is 26.2 Å². The Hall–Kier alpha value is -2.10. The molecule has 1 aromatic rings. The molecule has 0 atom stereocenters. The SMILES string of the molecule is CCCCc1ccccc1NN1C(=O)C=CC1=O. The van der Waals surface area contributed by atoms with Gasteiger partial charge >= 0.3 is 0 Å². The molecule has 2 amide bonds. The van der Waals surface area contributed by atoms with E-state index in [9.17, 15) is 9.59 Å². The minimum absolute atomic E-state index is 0.328. The minimum Gasteiger partial charge on any atom is -0.288 e. The first-order chi connectivity index (χ1) is 8.72. The van der Waals surface area contributed by atoms with Gasteiger partial charge < -0.3 is 0 Å². The molecule has 18 heavy (non-hydrogen) atoms. The van der Waals surface area contributed by atoms with Gasteiger partial charge in [0.05, 0.1) is 5.69 Å². The molecule has 1 aromatic carbocycles. The van der Waals surface area contributed by atoms with E-state index in [4.69, 9.17) is 0 Å². The summed E-state index contributed by atoms with van der Waals surface area (Å²) in [6.45, 7) is 2.13. The molecule has 1 aliphatic rings. The molecule has 0 saturated carbocycles. The molecular weight excluding hydrogens is 228 g/mol. The Balaban J connectivity index is 2.13. The van der Waals surface area contributed by atoms with Crippen LogP contribution in [0.2, 0.25) is 0 Å². The quantitative estimate of drug-likeness (QED) is 0.808. The molecular formula is C14H16N2O2. The van der Waals surface area contributed by atoms with E-state index in [1.165, 1.54) is 12.2 Å². The zero-order chi connectivity index (χ0) is 13.0. The van der Waals surface area contributed by atoms with Crippen molar-refractivity contribution >= 4 is 17.5 Å². The fourth-order valence-electron chi connectivity index (χ4n) is 1.85. The van der Waals surface area contributed by atoms with Crippen LogP contribution in [-0.2, 0) is 16.0 Å². The van der Waals surface area contributed by atoms with Gasteiger partial charge in [0.15, 0.2) is 0 Å². The third-order valence-electron chi connectivity index (χ3n) is 2.86. The molecule has 1 N–H and O–H groups in total. The molecule has 94 valence electrons. The molecule has 4 nitrogen and oxygen atoms in total. The Bertz CT molecular complexity index is 476. The molecule has 0 saturated heterocycles. The second-order valence-corrected chi connectivity index (χ2v) is 4.22. The number of carbonyl (C=O) groups excluding carboxylic acids is 2. The van der Waals surface area contributed by atoms with Gasteiger partial charge in [0, 0.05) is 12.2 Å². The zero-order valence-electron chi connectivity index (χ0n) is 10.3. The van der Waals surface area contributed by atoms with Gasteiger partial charge in [-0.15, -0.1) is 0 Å². The lowest BCUT2D eigenvalue weighted by Crippen LogP contribution is -2.35. The lowest BCUT2D eigenvalue weighted by atomic mass is 10.1. The maximum Gasteiger partial charge on any atom is 0.272 e. The van der Waals surface area contributed by atoms with Crippen LogP contribution in [0.15, 0.2) is 36.4 Å². The standard InChI is InChI=1S/C14H16N2O2/c1-2-3-6-11-7-4-5-8-12(11)15-16-13(17)9-10-14(16)18/h4-5,7-10,15H,2-3,6H2,1H3. The average molecular weight is 244 g/mol. The number of benzene rings is 1. The van der Waals surface area contributed by atoms with E-state index < -0.39 is 0 Å². The summed E-state index contributed by atoms with van der Waals surface area (Å²) in [4.78, 5) is 22.9. The molecule has 0 unspecified atom stereocenters. The smallest absolute Gasteiger partial charge is 0.272 e. The third kappa shape index (κ3) is 2.59. The topological polar surface area (TPSA) is 49.4 Å². The number of aryl methyl sites for hydroxylation is 1. The monoisotopic (exact) mass is 244 g/mol. The number of unbranched alkanes of at least 4 members (excludes halogenated alkanes) is 1. The number of rotatable bonds is 5. The maximum atomic E-state index is 11.5. The number of imide groups is 1. The minimum atomic E-state index is -0.328. The molecule has 2 rings (SSSR count). The molecule has 0 fully saturated rings. The Morgan fingerprint density at radius 3 is 2.44 bits per heavy atom. The number of hydrogen-bond donors (Lipinski definition) is 1. The largest absolute Gasteiger partial charge is 0.288 e.